The first-order chi connectivity index (χ1) is 38.4. The molecule has 0 aliphatic rings. The first-order valence-electron chi connectivity index (χ1n) is 23.2. The maximum atomic E-state index is 13.2. The summed E-state index contributed by atoms with van der Waals surface area (Å²) < 4.78 is 83.5. The van der Waals surface area contributed by atoms with Crippen LogP contribution in [0.25, 0.3) is 11.1 Å². The second-order valence-electron chi connectivity index (χ2n) is 16.4. The fourth-order valence-corrected chi connectivity index (χ4v) is 6.93. The Labute approximate surface area is 462 Å². The molecule has 0 bridgehead atoms. The summed E-state index contributed by atoms with van der Waals surface area (Å²) in [5.41, 5.74) is -1.17. The van der Waals surface area contributed by atoms with E-state index in [1.807, 2.05) is 0 Å². The summed E-state index contributed by atoms with van der Waals surface area (Å²) in [4.78, 5) is 151. The topological polar surface area (TPSA) is 364 Å². The van der Waals surface area contributed by atoms with Gasteiger partial charge in [-0.25, -0.2) is 0 Å². The van der Waals surface area contributed by atoms with E-state index in [4.69, 9.17) is 71.1 Å². The molecule has 0 saturated carbocycles. The van der Waals surface area contributed by atoms with Gasteiger partial charge in [-0.15, -0.1) is 0 Å². The van der Waals surface area contributed by atoms with Crippen molar-refractivity contribution in [1.29, 1.82) is 0 Å². The number of carbonyl (C=O) groups excluding carboxylic acids is 12. The first kappa shape index (κ1) is 61.8. The number of hydrogen-bond acceptors (Lipinski definition) is 28. The van der Waals surface area contributed by atoms with Gasteiger partial charge in [0.05, 0.1) is 11.1 Å². The van der Waals surface area contributed by atoms with Crippen molar-refractivity contribution in [1.82, 2.24) is 0 Å². The number of aromatic hydroxyl groups is 1. The van der Waals surface area contributed by atoms with E-state index < -0.39 is 186 Å². The third-order valence-corrected chi connectivity index (χ3v) is 9.16. The third kappa shape index (κ3) is 17.0. The van der Waals surface area contributed by atoms with E-state index in [1.54, 1.807) is 0 Å². The van der Waals surface area contributed by atoms with Crippen molar-refractivity contribution in [3.8, 4) is 120 Å². The van der Waals surface area contributed by atoms with E-state index in [9.17, 15) is 62.6 Å². The van der Waals surface area contributed by atoms with Gasteiger partial charge in [0.25, 0.3) is 0 Å². The average molecular weight is 1140 g/mol. The summed E-state index contributed by atoms with van der Waals surface area (Å²) in [6.45, 7) is 11.4. The van der Waals surface area contributed by atoms with E-state index in [1.165, 1.54) is 0 Å². The lowest BCUT2D eigenvalue weighted by Gasteiger charge is -2.23. The number of benzene rings is 5. The van der Waals surface area contributed by atoms with Gasteiger partial charge in [0.2, 0.25) is 23.0 Å². The Hall–Kier alpha value is -11.1. The SMILES string of the molecule is CC(=O)Oc1cc(OC(C)=O)c(Oc2cc(OC(C)=O)c(O)c(OC(C)=O)c2)c(Oc2c(OC(C)=O)cc(Oc3c(OC(C)=O)cc(OC(C)=O)c(-c4c(OC(C)=O)cc(OC(C)=O)cc4OC(C)=O)c3OC(C)=O)cc2OC(C)=O)c1. The largest absolute Gasteiger partial charge is 0.502 e. The number of esters is 12. The average Bonchev–Trinajstić information content (AvgIpc) is 3.51. The highest BCUT2D eigenvalue weighted by molar-refractivity contribution is 5.95. The van der Waals surface area contributed by atoms with Crippen LogP contribution in [0, 0.1) is 0 Å². The standard InChI is InChI=1S/C54H46O28/c1-22(55)68-34-13-38(70-24(3)57)48(39(14-34)71-25(4)58)49-40(72-26(5)59)21-47(78-32(11)65)53(54(49)79-33(12)66)81-37-19-44(76-30(9)63)52(45(20-37)77-31(10)64)82-46-18-35(69-23(2)56)17-43(75-29(8)62)51(46)80-36-15-41(73-27(6)60)50(67)42(16-36)74-28(7)61/h13-21,67H,1-12H3. The highest BCUT2D eigenvalue weighted by Crippen LogP contribution is 2.58. The van der Waals surface area contributed by atoms with Crippen molar-refractivity contribution in [2.75, 3.05) is 0 Å². The van der Waals surface area contributed by atoms with Crippen LogP contribution in [0.5, 0.6) is 109 Å². The van der Waals surface area contributed by atoms with Crippen molar-refractivity contribution in [3.05, 3.63) is 54.6 Å². The van der Waals surface area contributed by atoms with Gasteiger partial charge in [0.1, 0.15) is 40.2 Å². The molecular weight excluding hydrogens is 1100 g/mol. The molecule has 430 valence electrons. The second kappa shape index (κ2) is 26.5. The minimum Gasteiger partial charge on any atom is -0.502 e. The lowest BCUT2D eigenvalue weighted by molar-refractivity contribution is -0.134. The summed E-state index contributed by atoms with van der Waals surface area (Å²) >= 11 is 0. The molecular formula is C54H46O28. The molecule has 82 heavy (non-hydrogen) atoms. The van der Waals surface area contributed by atoms with Crippen LogP contribution in [0.15, 0.2) is 54.6 Å². The number of phenols is 1. The Bertz CT molecular complexity index is 3400. The molecule has 0 fully saturated rings. The van der Waals surface area contributed by atoms with Gasteiger partial charge in [-0.05, 0) is 0 Å². The number of carbonyl (C=O) groups is 12. The highest BCUT2D eigenvalue weighted by Gasteiger charge is 2.35. The monoisotopic (exact) mass is 1140 g/mol. The van der Waals surface area contributed by atoms with Gasteiger partial charge in [-0.3, -0.25) is 57.5 Å². The minimum atomic E-state index is -1.18. The molecule has 0 radical (unpaired) electrons. The lowest BCUT2D eigenvalue weighted by Crippen LogP contribution is -2.13. The number of rotatable bonds is 19. The van der Waals surface area contributed by atoms with Crippen LogP contribution in [0.1, 0.15) is 83.1 Å². The van der Waals surface area contributed by atoms with Crippen LogP contribution in [-0.2, 0) is 57.5 Å². The molecule has 0 heterocycles. The molecule has 5 aromatic carbocycles. The quantitative estimate of drug-likeness (QED) is 0.0616. The van der Waals surface area contributed by atoms with Crippen molar-refractivity contribution < 1.29 is 134 Å². The summed E-state index contributed by atoms with van der Waals surface area (Å²) in [6.07, 6.45) is 0. The normalized spacial score (nSPS) is 10.3. The zero-order valence-corrected chi connectivity index (χ0v) is 45.2. The van der Waals surface area contributed by atoms with E-state index in [-0.39, 0.29) is 5.75 Å². The van der Waals surface area contributed by atoms with Crippen molar-refractivity contribution in [2.45, 2.75) is 83.1 Å². The molecule has 0 saturated heterocycles. The molecule has 28 heteroatoms. The van der Waals surface area contributed by atoms with Crippen LogP contribution in [0.3, 0.4) is 0 Å². The minimum absolute atomic E-state index is 0.375. The molecule has 5 aromatic rings. The van der Waals surface area contributed by atoms with Gasteiger partial charge in [-0.2, -0.15) is 0 Å². The van der Waals surface area contributed by atoms with Crippen molar-refractivity contribution in [3.63, 3.8) is 0 Å². The maximum Gasteiger partial charge on any atom is 0.308 e. The number of hydrogen-bond donors (Lipinski definition) is 1. The fourth-order valence-electron chi connectivity index (χ4n) is 6.93. The fraction of sp³-hybridized carbons (Fsp3) is 0.222. The van der Waals surface area contributed by atoms with Gasteiger partial charge in [0, 0.05) is 138 Å². The van der Waals surface area contributed by atoms with Crippen LogP contribution < -0.4 is 71.1 Å². The zero-order chi connectivity index (χ0) is 61.0. The molecule has 0 aliphatic carbocycles. The van der Waals surface area contributed by atoms with Crippen LogP contribution in [0.2, 0.25) is 0 Å². The number of ether oxygens (including phenoxy) is 15. The van der Waals surface area contributed by atoms with Gasteiger partial charge >= 0.3 is 71.6 Å². The van der Waals surface area contributed by atoms with Crippen molar-refractivity contribution >= 4 is 71.6 Å². The smallest absolute Gasteiger partial charge is 0.308 e. The van der Waals surface area contributed by atoms with E-state index in [0.717, 1.165) is 138 Å². The molecule has 5 rings (SSSR count). The third-order valence-electron chi connectivity index (χ3n) is 9.16. The van der Waals surface area contributed by atoms with Crippen LogP contribution >= 0.6 is 0 Å². The van der Waals surface area contributed by atoms with Gasteiger partial charge in [0.15, 0.2) is 46.0 Å². The van der Waals surface area contributed by atoms with E-state index >= 15 is 0 Å². The summed E-state index contributed by atoms with van der Waals surface area (Å²) in [7, 11) is 0. The molecule has 0 amide bonds. The van der Waals surface area contributed by atoms with Gasteiger partial charge in [-0.1, -0.05) is 0 Å². The molecule has 0 aromatic heterocycles. The Morgan fingerprint density at radius 2 is 0.476 bits per heavy atom. The molecule has 28 nitrogen and oxygen atoms in total. The predicted molar refractivity (Wildman–Crippen MR) is 269 cm³/mol. The molecule has 0 spiro atoms. The molecule has 0 aliphatic heterocycles. The molecule has 0 atom stereocenters. The summed E-state index contributed by atoms with van der Waals surface area (Å²) in [6, 6.07) is 8.33. The van der Waals surface area contributed by atoms with Crippen LogP contribution in [-0.4, -0.2) is 76.7 Å². The Morgan fingerprint density at radius 1 is 0.232 bits per heavy atom. The predicted octanol–water partition coefficient (Wildman–Crippen LogP) is 7.54. The van der Waals surface area contributed by atoms with Crippen LogP contribution in [0.4, 0.5) is 0 Å². The maximum absolute atomic E-state index is 13.2. The zero-order valence-electron chi connectivity index (χ0n) is 45.2. The number of phenolic OH excluding ortho intramolecular Hbond substituents is 1. The first-order valence-corrected chi connectivity index (χ1v) is 23.2. The Morgan fingerprint density at radius 3 is 0.829 bits per heavy atom. The Kier molecular flexibility index (Phi) is 20.0. The molecule has 1 N–H and O–H groups in total. The van der Waals surface area contributed by atoms with Crippen molar-refractivity contribution in [2.24, 2.45) is 0 Å². The summed E-state index contributed by atoms with van der Waals surface area (Å²) in [5.74, 6) is -24.8. The van der Waals surface area contributed by atoms with E-state index in [2.05, 4.69) is 0 Å². The summed E-state index contributed by atoms with van der Waals surface area (Å²) in [5, 5.41) is 10.8. The molecule has 0 unspecified atom stereocenters. The lowest BCUT2D eigenvalue weighted by atomic mass is 9.99. The van der Waals surface area contributed by atoms with Gasteiger partial charge < -0.3 is 76.2 Å². The second-order valence-corrected chi connectivity index (χ2v) is 16.4. The Balaban J connectivity index is 1.93. The van der Waals surface area contributed by atoms with E-state index in [0.29, 0.717) is 0 Å². The highest BCUT2D eigenvalue weighted by atomic mass is 16.6.